The van der Waals surface area contributed by atoms with Gasteiger partial charge in [-0.1, -0.05) is 30.3 Å². The summed E-state index contributed by atoms with van der Waals surface area (Å²) in [5, 5.41) is 10.0. The summed E-state index contributed by atoms with van der Waals surface area (Å²) in [4.78, 5) is 9.65. The van der Waals surface area contributed by atoms with Crippen molar-refractivity contribution >= 4 is 5.57 Å². The molecule has 0 spiro atoms. The van der Waals surface area contributed by atoms with E-state index >= 15 is 0 Å². The lowest BCUT2D eigenvalue weighted by molar-refractivity contribution is 0.148. The number of allylic oxidation sites excluding steroid dienone is 1. The Bertz CT molecular complexity index is 1150. The van der Waals surface area contributed by atoms with Gasteiger partial charge in [-0.15, -0.1) is 0 Å². The highest BCUT2D eigenvalue weighted by atomic mass is 16.5. The van der Waals surface area contributed by atoms with Gasteiger partial charge in [-0.2, -0.15) is 0 Å². The number of nitrogens with zero attached hydrogens (tertiary/aromatic N) is 3. The quantitative estimate of drug-likeness (QED) is 0.661. The van der Waals surface area contributed by atoms with E-state index in [-0.39, 0.29) is 5.75 Å². The normalized spacial score (nSPS) is 16.6. The molecule has 0 amide bonds. The predicted octanol–water partition coefficient (Wildman–Crippen LogP) is 4.20. The third-order valence-electron chi connectivity index (χ3n) is 6.52. The molecule has 0 bridgehead atoms. The topological polar surface area (TPSA) is 48.8 Å². The van der Waals surface area contributed by atoms with Crippen LogP contribution in [0, 0.1) is 0 Å². The Morgan fingerprint density at radius 2 is 1.72 bits per heavy atom. The molecule has 0 saturated carbocycles. The van der Waals surface area contributed by atoms with Crippen molar-refractivity contribution in [1.82, 2.24) is 14.8 Å². The van der Waals surface area contributed by atoms with Crippen molar-refractivity contribution in [2.75, 3.05) is 40.3 Å². The van der Waals surface area contributed by atoms with E-state index in [9.17, 15) is 5.11 Å². The Hall–Kier alpha value is -3.15. The number of hydrogen-bond donors (Lipinski definition) is 1. The van der Waals surface area contributed by atoms with Gasteiger partial charge in [0, 0.05) is 62.0 Å². The minimum atomic E-state index is 0.232. The van der Waals surface area contributed by atoms with Gasteiger partial charge in [0.1, 0.15) is 11.5 Å². The van der Waals surface area contributed by atoms with E-state index in [1.54, 1.807) is 25.3 Å². The number of methoxy groups -OCH3 is 1. The molecule has 2 aromatic carbocycles. The van der Waals surface area contributed by atoms with Crippen molar-refractivity contribution in [2.24, 2.45) is 0 Å². The van der Waals surface area contributed by atoms with Crippen molar-refractivity contribution in [2.45, 2.75) is 13.0 Å². The molecule has 32 heavy (non-hydrogen) atoms. The number of fused-ring (bicyclic) bond motifs is 1. The van der Waals surface area contributed by atoms with Crippen LogP contribution in [0.2, 0.25) is 0 Å². The first-order valence-electron chi connectivity index (χ1n) is 11.2. The summed E-state index contributed by atoms with van der Waals surface area (Å²) < 4.78 is 5.55. The van der Waals surface area contributed by atoms with Gasteiger partial charge in [0.2, 0.25) is 0 Å². The number of ether oxygens (including phenoxy) is 1. The number of aromatic nitrogens is 1. The van der Waals surface area contributed by atoms with Crippen molar-refractivity contribution in [3.8, 4) is 22.6 Å². The van der Waals surface area contributed by atoms with Crippen LogP contribution in [-0.2, 0) is 13.0 Å². The van der Waals surface area contributed by atoms with Crippen molar-refractivity contribution in [3.05, 3.63) is 83.2 Å². The van der Waals surface area contributed by atoms with Crippen LogP contribution < -0.4 is 4.74 Å². The SMILES string of the molecule is COc1ccc(O)cc1C1=CCc2ncc(-c3ccc(CN4CCN(C)CC4)cc3)cc21. The number of benzene rings is 2. The van der Waals surface area contributed by atoms with Crippen LogP contribution in [0.4, 0.5) is 0 Å². The standard InChI is InChI=1S/C27H29N3O2/c1-29-11-13-30(14-12-29)18-19-3-5-20(6-4-19)21-15-24-23(8-9-26(24)28-17-21)25-16-22(31)7-10-27(25)32-2/h3-8,10,15-17,31H,9,11-14,18H2,1-2H3. The zero-order valence-electron chi connectivity index (χ0n) is 18.7. The van der Waals surface area contributed by atoms with Gasteiger partial charge in [-0.25, -0.2) is 0 Å². The van der Waals surface area contributed by atoms with Crippen LogP contribution in [-0.4, -0.2) is 60.2 Å². The van der Waals surface area contributed by atoms with E-state index in [0.717, 1.165) is 78.4 Å². The Morgan fingerprint density at radius 3 is 2.47 bits per heavy atom. The van der Waals surface area contributed by atoms with E-state index in [1.165, 1.54) is 5.56 Å². The fourth-order valence-electron chi connectivity index (χ4n) is 4.58. The van der Waals surface area contributed by atoms with Crippen LogP contribution in [0.1, 0.15) is 22.4 Å². The van der Waals surface area contributed by atoms with Gasteiger partial charge in [-0.05, 0) is 48.0 Å². The second-order valence-electron chi connectivity index (χ2n) is 8.70. The number of rotatable bonds is 5. The first-order valence-corrected chi connectivity index (χ1v) is 11.2. The summed E-state index contributed by atoms with van der Waals surface area (Å²) in [6.45, 7) is 5.53. The second-order valence-corrected chi connectivity index (χ2v) is 8.70. The van der Waals surface area contributed by atoms with Crippen LogP contribution in [0.15, 0.2) is 60.8 Å². The third kappa shape index (κ3) is 4.14. The van der Waals surface area contributed by atoms with E-state index in [4.69, 9.17) is 9.72 Å². The summed E-state index contributed by atoms with van der Waals surface area (Å²) in [5.41, 5.74) is 7.73. The molecule has 0 radical (unpaired) electrons. The Balaban J connectivity index is 1.38. The van der Waals surface area contributed by atoms with E-state index in [0.29, 0.717) is 0 Å². The van der Waals surface area contributed by atoms with Crippen LogP contribution in [0.3, 0.4) is 0 Å². The first-order chi connectivity index (χ1) is 15.6. The van der Waals surface area contributed by atoms with Crippen molar-refractivity contribution in [3.63, 3.8) is 0 Å². The van der Waals surface area contributed by atoms with Crippen molar-refractivity contribution in [1.29, 1.82) is 0 Å². The van der Waals surface area contributed by atoms with Crippen LogP contribution in [0.25, 0.3) is 16.7 Å². The number of hydrogen-bond acceptors (Lipinski definition) is 5. The molecule has 1 N–H and O–H groups in total. The van der Waals surface area contributed by atoms with E-state index in [2.05, 4.69) is 53.3 Å². The lowest BCUT2D eigenvalue weighted by Gasteiger charge is -2.32. The highest BCUT2D eigenvalue weighted by molar-refractivity contribution is 5.88. The minimum absolute atomic E-state index is 0.232. The fraction of sp³-hybridized carbons (Fsp3) is 0.296. The Kier molecular flexibility index (Phi) is 5.68. The maximum Gasteiger partial charge on any atom is 0.126 e. The van der Waals surface area contributed by atoms with Gasteiger partial charge in [0.25, 0.3) is 0 Å². The molecule has 1 aliphatic heterocycles. The van der Waals surface area contributed by atoms with Crippen molar-refractivity contribution < 1.29 is 9.84 Å². The number of phenolic OH excluding ortho intramolecular Hbond substituents is 1. The third-order valence-corrected chi connectivity index (χ3v) is 6.52. The van der Waals surface area contributed by atoms with Crippen LogP contribution >= 0.6 is 0 Å². The Morgan fingerprint density at radius 1 is 0.938 bits per heavy atom. The average Bonchev–Trinajstić information content (AvgIpc) is 3.24. The van der Waals surface area contributed by atoms with E-state index in [1.807, 2.05) is 6.20 Å². The first kappa shape index (κ1) is 20.7. The lowest BCUT2D eigenvalue weighted by atomic mass is 9.96. The molecule has 5 rings (SSSR count). The molecule has 1 fully saturated rings. The van der Waals surface area contributed by atoms with Gasteiger partial charge >= 0.3 is 0 Å². The molecule has 1 aromatic heterocycles. The van der Waals surface area contributed by atoms with Gasteiger partial charge < -0.3 is 14.7 Å². The summed E-state index contributed by atoms with van der Waals surface area (Å²) in [5.74, 6) is 0.982. The Labute approximate surface area is 189 Å². The number of pyridine rings is 1. The second kappa shape index (κ2) is 8.77. The fourth-order valence-corrected chi connectivity index (χ4v) is 4.58. The molecule has 5 nitrogen and oxygen atoms in total. The maximum atomic E-state index is 10.0. The highest BCUT2D eigenvalue weighted by Crippen LogP contribution is 2.39. The molecule has 1 aliphatic carbocycles. The van der Waals surface area contributed by atoms with Gasteiger partial charge in [0.15, 0.2) is 0 Å². The zero-order valence-corrected chi connectivity index (χ0v) is 18.7. The predicted molar refractivity (Wildman–Crippen MR) is 128 cm³/mol. The largest absolute Gasteiger partial charge is 0.508 e. The molecule has 0 atom stereocenters. The van der Waals surface area contributed by atoms with E-state index < -0.39 is 0 Å². The minimum Gasteiger partial charge on any atom is -0.508 e. The zero-order chi connectivity index (χ0) is 22.1. The lowest BCUT2D eigenvalue weighted by Crippen LogP contribution is -2.43. The number of phenols is 1. The number of piperazine rings is 1. The summed E-state index contributed by atoms with van der Waals surface area (Å²) in [6.07, 6.45) is 4.91. The summed E-state index contributed by atoms with van der Waals surface area (Å²) >= 11 is 0. The monoisotopic (exact) mass is 427 g/mol. The maximum absolute atomic E-state index is 10.0. The molecule has 3 aromatic rings. The molecule has 164 valence electrons. The van der Waals surface area contributed by atoms with Crippen LogP contribution in [0.5, 0.6) is 11.5 Å². The summed E-state index contributed by atoms with van der Waals surface area (Å²) in [6, 6.07) is 16.3. The molecule has 5 heteroatoms. The highest BCUT2D eigenvalue weighted by Gasteiger charge is 2.21. The summed E-state index contributed by atoms with van der Waals surface area (Å²) in [7, 11) is 3.85. The molecular weight excluding hydrogens is 398 g/mol. The average molecular weight is 428 g/mol. The molecule has 0 unspecified atom stereocenters. The molecule has 2 aliphatic rings. The van der Waals surface area contributed by atoms with Gasteiger partial charge in [0.05, 0.1) is 12.8 Å². The number of likely N-dealkylation sites (N-methyl/N-ethyl adjacent to an activating group) is 1. The molecule has 1 saturated heterocycles. The molecule has 2 heterocycles. The number of aromatic hydroxyl groups is 1. The smallest absolute Gasteiger partial charge is 0.126 e. The van der Waals surface area contributed by atoms with Gasteiger partial charge in [-0.3, -0.25) is 9.88 Å². The molecular formula is C27H29N3O2.